The van der Waals surface area contributed by atoms with Gasteiger partial charge in [0.15, 0.2) is 0 Å². The van der Waals surface area contributed by atoms with Crippen molar-refractivity contribution in [2.45, 2.75) is 45.5 Å². The number of hydrogen-bond donors (Lipinski definition) is 3. The van der Waals surface area contributed by atoms with Gasteiger partial charge in [-0.1, -0.05) is 0 Å². The Hall–Kier alpha value is -1.96. The molecule has 0 bridgehead atoms. The maximum atomic E-state index is 12.4. The molecule has 0 saturated heterocycles. The lowest BCUT2D eigenvalue weighted by Crippen LogP contribution is -2.47. The minimum Gasteiger partial charge on any atom is -0.443 e. The fourth-order valence-corrected chi connectivity index (χ4v) is 1.58. The lowest BCUT2D eigenvalue weighted by molar-refractivity contribution is -0.137. The molecule has 0 fully saturated rings. The van der Waals surface area contributed by atoms with E-state index in [1.807, 2.05) is 0 Å². The van der Waals surface area contributed by atoms with Gasteiger partial charge in [-0.3, -0.25) is 5.43 Å². The van der Waals surface area contributed by atoms with Crippen LogP contribution in [0, 0.1) is 0 Å². The lowest BCUT2D eigenvalue weighted by Gasteiger charge is -2.21. The van der Waals surface area contributed by atoms with Gasteiger partial charge in [-0.2, -0.15) is 13.2 Å². The summed E-state index contributed by atoms with van der Waals surface area (Å²) in [5.41, 5.74) is 4.42. The van der Waals surface area contributed by atoms with Crippen molar-refractivity contribution in [1.29, 1.82) is 0 Å². The minimum absolute atomic E-state index is 0.162. The number of hydrazine groups is 1. The summed E-state index contributed by atoms with van der Waals surface area (Å²) in [4.78, 5) is 11.4. The smallest absolute Gasteiger partial charge is 0.422 e. The van der Waals surface area contributed by atoms with Crippen LogP contribution in [0.4, 0.5) is 23.7 Å². The molecule has 0 radical (unpaired) electrons. The van der Waals surface area contributed by atoms with Crippen molar-refractivity contribution in [3.63, 3.8) is 0 Å². The van der Waals surface area contributed by atoms with E-state index in [-0.39, 0.29) is 6.04 Å². The van der Waals surface area contributed by atoms with Gasteiger partial charge in [-0.05, 0) is 52.0 Å². The summed E-state index contributed by atoms with van der Waals surface area (Å²) in [5, 5.41) is 2.97. The number of hydrogen-bond acceptors (Lipinski definition) is 4. The van der Waals surface area contributed by atoms with E-state index in [1.165, 1.54) is 12.1 Å². The first-order valence-corrected chi connectivity index (χ1v) is 7.13. The van der Waals surface area contributed by atoms with Crippen LogP contribution in [-0.2, 0) is 10.9 Å². The fraction of sp³-hybridized carbons (Fsp3) is 0.533. The summed E-state index contributed by atoms with van der Waals surface area (Å²) in [6, 6.07) is 4.58. The highest BCUT2D eigenvalue weighted by atomic mass is 19.4. The number of benzene rings is 1. The normalized spacial score (nSPS) is 13.3. The summed E-state index contributed by atoms with van der Waals surface area (Å²) in [6.07, 6.45) is -4.94. The number of halogens is 3. The molecule has 1 amide bonds. The van der Waals surface area contributed by atoms with Crippen molar-refractivity contribution in [2.24, 2.45) is 0 Å². The molecule has 0 spiro atoms. The molecular formula is C15H22F3N3O2. The first-order chi connectivity index (χ1) is 10.5. The van der Waals surface area contributed by atoms with Gasteiger partial charge in [-0.15, -0.1) is 0 Å². The molecule has 1 unspecified atom stereocenters. The summed E-state index contributed by atoms with van der Waals surface area (Å²) >= 11 is 0. The van der Waals surface area contributed by atoms with Crippen LogP contribution in [-0.4, -0.2) is 24.3 Å². The minimum atomic E-state index is -4.34. The van der Waals surface area contributed by atoms with Crippen molar-refractivity contribution in [2.75, 3.05) is 11.9 Å². The first kappa shape index (κ1) is 19.1. The second-order valence-electron chi connectivity index (χ2n) is 6.13. The van der Waals surface area contributed by atoms with Gasteiger partial charge in [0, 0.05) is 18.3 Å². The van der Waals surface area contributed by atoms with Gasteiger partial charge in [0.1, 0.15) is 5.60 Å². The monoisotopic (exact) mass is 333 g/mol. The molecule has 130 valence electrons. The number of amides is 1. The van der Waals surface area contributed by atoms with E-state index in [1.54, 1.807) is 27.7 Å². The Labute approximate surface area is 133 Å². The highest BCUT2D eigenvalue weighted by Gasteiger charge is 2.29. The molecule has 5 nitrogen and oxygen atoms in total. The zero-order valence-corrected chi connectivity index (χ0v) is 13.5. The molecule has 1 atom stereocenters. The molecule has 0 aliphatic heterocycles. The molecular weight excluding hydrogens is 311 g/mol. The van der Waals surface area contributed by atoms with Crippen LogP contribution in [0.5, 0.6) is 0 Å². The van der Waals surface area contributed by atoms with Crippen molar-refractivity contribution in [3.05, 3.63) is 29.8 Å². The van der Waals surface area contributed by atoms with Gasteiger partial charge in [0.25, 0.3) is 0 Å². The molecule has 1 aromatic rings. The molecule has 1 rings (SSSR count). The lowest BCUT2D eigenvalue weighted by atomic mass is 10.2. The van der Waals surface area contributed by atoms with Crippen LogP contribution < -0.4 is 16.2 Å². The second-order valence-corrected chi connectivity index (χ2v) is 6.13. The van der Waals surface area contributed by atoms with Gasteiger partial charge < -0.3 is 10.1 Å². The highest BCUT2D eigenvalue weighted by molar-refractivity contribution is 5.67. The largest absolute Gasteiger partial charge is 0.443 e. The predicted octanol–water partition coefficient (Wildman–Crippen LogP) is 3.54. The Kier molecular flexibility index (Phi) is 6.26. The van der Waals surface area contributed by atoms with E-state index < -0.39 is 23.4 Å². The molecule has 0 heterocycles. The zero-order chi connectivity index (χ0) is 17.7. The molecule has 0 aromatic heterocycles. The molecule has 0 aliphatic rings. The SMILES string of the molecule is CC(CNc1ccc(C(F)(F)F)cc1)NNC(=O)OC(C)(C)C. The second kappa shape index (κ2) is 7.54. The summed E-state index contributed by atoms with van der Waals surface area (Å²) in [6.45, 7) is 7.46. The van der Waals surface area contributed by atoms with Crippen molar-refractivity contribution in [3.8, 4) is 0 Å². The summed E-state index contributed by atoms with van der Waals surface area (Å²) < 4.78 is 42.4. The maximum absolute atomic E-state index is 12.4. The molecule has 8 heteroatoms. The molecule has 23 heavy (non-hydrogen) atoms. The van der Waals surface area contributed by atoms with Crippen LogP contribution in [0.1, 0.15) is 33.3 Å². The average molecular weight is 333 g/mol. The predicted molar refractivity (Wildman–Crippen MR) is 81.9 cm³/mol. The number of carbonyl (C=O) groups is 1. The van der Waals surface area contributed by atoms with Crippen LogP contribution in [0.2, 0.25) is 0 Å². The third kappa shape index (κ3) is 7.73. The first-order valence-electron chi connectivity index (χ1n) is 7.13. The van der Waals surface area contributed by atoms with Gasteiger partial charge in [0.2, 0.25) is 0 Å². The number of ether oxygens (including phenoxy) is 1. The maximum Gasteiger partial charge on any atom is 0.422 e. The van der Waals surface area contributed by atoms with Crippen LogP contribution in [0.3, 0.4) is 0 Å². The third-order valence-electron chi connectivity index (χ3n) is 2.64. The Balaban J connectivity index is 2.36. The van der Waals surface area contributed by atoms with Crippen LogP contribution in [0.15, 0.2) is 24.3 Å². The van der Waals surface area contributed by atoms with E-state index in [2.05, 4.69) is 16.2 Å². The average Bonchev–Trinajstić information content (AvgIpc) is 2.40. The fourth-order valence-electron chi connectivity index (χ4n) is 1.58. The topological polar surface area (TPSA) is 62.4 Å². The van der Waals surface area contributed by atoms with Crippen molar-refractivity contribution in [1.82, 2.24) is 10.9 Å². The van der Waals surface area contributed by atoms with E-state index >= 15 is 0 Å². The van der Waals surface area contributed by atoms with Crippen LogP contribution in [0.25, 0.3) is 0 Å². The van der Waals surface area contributed by atoms with Crippen molar-refractivity contribution < 1.29 is 22.7 Å². The number of nitrogens with one attached hydrogen (secondary N) is 3. The van der Waals surface area contributed by atoms with Gasteiger partial charge in [0.05, 0.1) is 5.56 Å². The van der Waals surface area contributed by atoms with E-state index in [4.69, 9.17) is 4.74 Å². The molecule has 1 aromatic carbocycles. The summed E-state index contributed by atoms with van der Waals surface area (Å²) in [5.74, 6) is 0. The van der Waals surface area contributed by atoms with Crippen molar-refractivity contribution >= 4 is 11.8 Å². The number of alkyl halides is 3. The summed E-state index contributed by atoms with van der Waals surface area (Å²) in [7, 11) is 0. The standard InChI is InChI=1S/C15H22F3N3O2/c1-10(20-21-13(22)23-14(2,3)4)9-19-12-7-5-11(6-8-12)15(16,17)18/h5-8,10,19-20H,9H2,1-4H3,(H,21,22). The van der Waals surface area contributed by atoms with Gasteiger partial charge >= 0.3 is 12.3 Å². The molecule has 0 aliphatic carbocycles. The molecule has 3 N–H and O–H groups in total. The number of rotatable bonds is 5. The Morgan fingerprint density at radius 3 is 2.22 bits per heavy atom. The van der Waals surface area contributed by atoms with E-state index in [0.717, 1.165) is 12.1 Å². The number of anilines is 1. The van der Waals surface area contributed by atoms with Gasteiger partial charge in [-0.25, -0.2) is 10.2 Å². The number of carbonyl (C=O) groups excluding carboxylic acids is 1. The van der Waals surface area contributed by atoms with E-state index in [9.17, 15) is 18.0 Å². The Bertz CT molecular complexity index is 510. The quantitative estimate of drug-likeness (QED) is 0.721. The Morgan fingerprint density at radius 2 is 1.74 bits per heavy atom. The zero-order valence-electron chi connectivity index (χ0n) is 13.5. The Morgan fingerprint density at radius 1 is 1.17 bits per heavy atom. The van der Waals surface area contributed by atoms with E-state index in [0.29, 0.717) is 12.2 Å². The molecule has 0 saturated carbocycles. The highest BCUT2D eigenvalue weighted by Crippen LogP contribution is 2.29. The third-order valence-corrected chi connectivity index (χ3v) is 2.64. The van der Waals surface area contributed by atoms with Crippen LogP contribution >= 0.6 is 0 Å².